The van der Waals surface area contributed by atoms with E-state index < -0.39 is 0 Å². The third-order valence-corrected chi connectivity index (χ3v) is 7.61. The van der Waals surface area contributed by atoms with E-state index in [0.29, 0.717) is 39.6 Å². The first-order valence-electron chi connectivity index (χ1n) is 11.1. The lowest BCUT2D eigenvalue weighted by molar-refractivity contribution is 0.0947. The Kier molecular flexibility index (Phi) is 6.96. The normalized spacial score (nSPS) is 16.1. The molecular weight excluding hydrogens is 456 g/mol. The number of carbonyl (C=O) groups is 1. The molecule has 1 aromatic carbocycles. The molecule has 1 N–H and O–H groups in total. The lowest BCUT2D eigenvalue weighted by Gasteiger charge is -2.33. The Morgan fingerprint density at radius 2 is 2.18 bits per heavy atom. The molecule has 0 bridgehead atoms. The predicted molar refractivity (Wildman–Crippen MR) is 134 cm³/mol. The average molecular weight is 485 g/mol. The summed E-state index contributed by atoms with van der Waals surface area (Å²) in [6.45, 7) is 7.21. The Bertz CT molecular complexity index is 1160. The molecule has 7 heteroatoms. The highest BCUT2D eigenvalue weighted by Gasteiger charge is 2.33. The van der Waals surface area contributed by atoms with Gasteiger partial charge in [0.2, 0.25) is 0 Å². The summed E-state index contributed by atoms with van der Waals surface area (Å²) in [4.78, 5) is 19.3. The fourth-order valence-corrected chi connectivity index (χ4v) is 5.69. The van der Waals surface area contributed by atoms with Crippen molar-refractivity contribution in [1.29, 1.82) is 0 Å². The highest BCUT2D eigenvalue weighted by atomic mass is 35.5. The van der Waals surface area contributed by atoms with Crippen LogP contribution in [0.3, 0.4) is 0 Å². The van der Waals surface area contributed by atoms with Gasteiger partial charge >= 0.3 is 0 Å². The minimum absolute atomic E-state index is 0.122. The van der Waals surface area contributed by atoms with Crippen molar-refractivity contribution < 1.29 is 13.9 Å². The molecule has 174 valence electrons. The van der Waals surface area contributed by atoms with E-state index in [1.165, 1.54) is 4.88 Å². The SMILES string of the molecule is COc1ccc(Cl)cc1C=Nc1sc2c(c1C(=O)NCc1ccco1)CC[C@@H](C(C)(C)C)C2. The molecule has 1 aliphatic carbocycles. The molecule has 4 rings (SSSR count). The maximum Gasteiger partial charge on any atom is 0.255 e. The number of benzene rings is 1. The average Bonchev–Trinajstić information content (AvgIpc) is 3.42. The monoisotopic (exact) mass is 484 g/mol. The van der Waals surface area contributed by atoms with Crippen molar-refractivity contribution in [1.82, 2.24) is 5.32 Å². The number of nitrogens with zero attached hydrogens (tertiary/aromatic N) is 1. The zero-order valence-corrected chi connectivity index (χ0v) is 21.0. The Labute approximate surface area is 203 Å². The molecule has 3 aromatic rings. The molecule has 1 aliphatic rings. The Morgan fingerprint density at radius 3 is 2.88 bits per heavy atom. The molecule has 2 heterocycles. The van der Waals surface area contributed by atoms with Gasteiger partial charge in [-0.15, -0.1) is 11.3 Å². The molecule has 2 aromatic heterocycles. The van der Waals surface area contributed by atoms with Gasteiger partial charge in [0.05, 0.1) is 25.5 Å². The van der Waals surface area contributed by atoms with Crippen LogP contribution in [0.4, 0.5) is 5.00 Å². The molecule has 33 heavy (non-hydrogen) atoms. The predicted octanol–water partition coefficient (Wildman–Crippen LogP) is 6.83. The number of carbonyl (C=O) groups excluding carboxylic acids is 1. The first kappa shape index (κ1) is 23.6. The minimum Gasteiger partial charge on any atom is -0.496 e. The molecule has 1 atom stereocenters. The van der Waals surface area contributed by atoms with Crippen LogP contribution in [0.2, 0.25) is 5.02 Å². The van der Waals surface area contributed by atoms with Crippen LogP contribution in [0, 0.1) is 11.3 Å². The molecule has 0 saturated carbocycles. The largest absolute Gasteiger partial charge is 0.496 e. The van der Waals surface area contributed by atoms with Crippen LogP contribution < -0.4 is 10.1 Å². The summed E-state index contributed by atoms with van der Waals surface area (Å²) in [5.74, 6) is 1.85. The summed E-state index contributed by atoms with van der Waals surface area (Å²) in [7, 11) is 1.62. The number of fused-ring (bicyclic) bond motifs is 1. The van der Waals surface area contributed by atoms with E-state index in [9.17, 15) is 4.79 Å². The smallest absolute Gasteiger partial charge is 0.255 e. The standard InChI is InChI=1S/C26H29ClN2O3S/c1-26(2,3)17-7-9-20-22(13-17)33-25(23(20)24(30)28-15-19-6-5-11-32-19)29-14-16-12-18(27)8-10-21(16)31-4/h5-6,8,10-12,14,17H,7,9,13,15H2,1-4H3,(H,28,30)/t17-/m1/s1. The summed E-state index contributed by atoms with van der Waals surface area (Å²) >= 11 is 7.80. The third kappa shape index (κ3) is 5.33. The summed E-state index contributed by atoms with van der Waals surface area (Å²) < 4.78 is 10.8. The maximum atomic E-state index is 13.3. The van der Waals surface area contributed by atoms with Gasteiger partial charge in [-0.2, -0.15) is 0 Å². The topological polar surface area (TPSA) is 63.8 Å². The quantitative estimate of drug-likeness (QED) is 0.390. The van der Waals surface area contributed by atoms with Crippen molar-refractivity contribution in [2.75, 3.05) is 7.11 Å². The summed E-state index contributed by atoms with van der Waals surface area (Å²) in [6, 6.07) is 9.07. The highest BCUT2D eigenvalue weighted by Crippen LogP contribution is 2.45. The zero-order chi connectivity index (χ0) is 23.6. The van der Waals surface area contributed by atoms with E-state index in [1.54, 1.807) is 37.0 Å². The van der Waals surface area contributed by atoms with Crippen LogP contribution in [0.1, 0.15) is 59.3 Å². The molecule has 0 radical (unpaired) electrons. The van der Waals surface area contributed by atoms with Crippen molar-refractivity contribution >= 4 is 40.1 Å². The van der Waals surface area contributed by atoms with Gasteiger partial charge in [0.25, 0.3) is 5.91 Å². The van der Waals surface area contributed by atoms with Crippen molar-refractivity contribution in [3.05, 3.63) is 68.9 Å². The number of hydrogen-bond donors (Lipinski definition) is 1. The second kappa shape index (κ2) is 9.74. The zero-order valence-electron chi connectivity index (χ0n) is 19.4. The van der Waals surface area contributed by atoms with Gasteiger partial charge in [-0.1, -0.05) is 32.4 Å². The van der Waals surface area contributed by atoms with E-state index in [2.05, 4.69) is 26.1 Å². The second-order valence-electron chi connectivity index (χ2n) is 9.40. The lowest BCUT2D eigenvalue weighted by atomic mass is 9.72. The molecule has 0 unspecified atom stereocenters. The third-order valence-electron chi connectivity index (χ3n) is 6.21. The van der Waals surface area contributed by atoms with E-state index >= 15 is 0 Å². The molecule has 1 amide bonds. The molecule has 0 fully saturated rings. The van der Waals surface area contributed by atoms with E-state index in [-0.39, 0.29) is 11.3 Å². The van der Waals surface area contributed by atoms with Gasteiger partial charge in [0, 0.05) is 21.7 Å². The molecule has 5 nitrogen and oxygen atoms in total. The van der Waals surface area contributed by atoms with E-state index in [1.807, 2.05) is 24.3 Å². The number of ether oxygens (including phenoxy) is 1. The maximum absolute atomic E-state index is 13.3. The Morgan fingerprint density at radius 1 is 1.36 bits per heavy atom. The number of nitrogens with one attached hydrogen (secondary N) is 1. The van der Waals surface area contributed by atoms with Gasteiger partial charge in [0.1, 0.15) is 16.5 Å². The summed E-state index contributed by atoms with van der Waals surface area (Å²) in [6.07, 6.45) is 6.25. The highest BCUT2D eigenvalue weighted by molar-refractivity contribution is 7.16. The number of halogens is 1. The van der Waals surface area contributed by atoms with Crippen molar-refractivity contribution in [2.45, 2.75) is 46.6 Å². The van der Waals surface area contributed by atoms with Crippen LogP contribution in [0.15, 0.2) is 46.0 Å². The molecule has 0 spiro atoms. The van der Waals surface area contributed by atoms with E-state index in [4.69, 9.17) is 25.7 Å². The number of thiophene rings is 1. The first-order valence-corrected chi connectivity index (χ1v) is 12.3. The van der Waals surface area contributed by atoms with Crippen LogP contribution in [0.5, 0.6) is 5.75 Å². The van der Waals surface area contributed by atoms with Crippen molar-refractivity contribution in [3.8, 4) is 5.75 Å². The van der Waals surface area contributed by atoms with Crippen LogP contribution in [0.25, 0.3) is 0 Å². The summed E-state index contributed by atoms with van der Waals surface area (Å²) in [5.41, 5.74) is 2.79. The molecule has 0 aliphatic heterocycles. The molecule has 0 saturated heterocycles. The number of hydrogen-bond acceptors (Lipinski definition) is 5. The van der Waals surface area contributed by atoms with Crippen molar-refractivity contribution in [3.63, 3.8) is 0 Å². The Balaban J connectivity index is 1.68. The lowest BCUT2D eigenvalue weighted by Crippen LogP contribution is -2.28. The van der Waals surface area contributed by atoms with Gasteiger partial charge in [-0.05, 0) is 66.5 Å². The number of aliphatic imine (C=N–C) groups is 1. The number of furan rings is 1. The minimum atomic E-state index is -0.122. The van der Waals surface area contributed by atoms with Crippen molar-refractivity contribution in [2.24, 2.45) is 16.3 Å². The van der Waals surface area contributed by atoms with Gasteiger partial charge < -0.3 is 14.5 Å². The fraction of sp³-hybridized carbons (Fsp3) is 0.385. The number of rotatable bonds is 6. The van der Waals surface area contributed by atoms with E-state index in [0.717, 1.165) is 30.4 Å². The molecular formula is C26H29ClN2O3S. The second-order valence-corrected chi connectivity index (χ2v) is 10.9. The fourth-order valence-electron chi connectivity index (χ4n) is 4.24. The van der Waals surface area contributed by atoms with Crippen LogP contribution >= 0.6 is 22.9 Å². The Hall–Kier alpha value is -2.57. The van der Waals surface area contributed by atoms with Crippen LogP contribution in [-0.4, -0.2) is 19.2 Å². The summed E-state index contributed by atoms with van der Waals surface area (Å²) in [5, 5.41) is 4.32. The van der Waals surface area contributed by atoms with Gasteiger partial charge in [-0.3, -0.25) is 4.79 Å². The van der Waals surface area contributed by atoms with Gasteiger partial charge in [-0.25, -0.2) is 4.99 Å². The first-order chi connectivity index (χ1) is 15.8. The number of methoxy groups -OCH3 is 1. The van der Waals surface area contributed by atoms with Crippen LogP contribution in [-0.2, 0) is 19.4 Å². The van der Waals surface area contributed by atoms with Gasteiger partial charge in [0.15, 0.2) is 0 Å². The number of amides is 1.